The molecule has 2 amide bonds. The Morgan fingerprint density at radius 2 is 1.73 bits per heavy atom. The summed E-state index contributed by atoms with van der Waals surface area (Å²) < 4.78 is 18.2. The Morgan fingerprint density at radius 3 is 2.30 bits per heavy atom. The van der Waals surface area contributed by atoms with Gasteiger partial charge in [-0.15, -0.1) is 0 Å². The molecule has 2 fully saturated rings. The first kappa shape index (κ1) is 28.2. The number of anilines is 1. The van der Waals surface area contributed by atoms with E-state index in [0.29, 0.717) is 41.1 Å². The van der Waals surface area contributed by atoms with Crippen molar-refractivity contribution in [1.82, 2.24) is 24.9 Å². The lowest BCUT2D eigenvalue weighted by molar-refractivity contribution is -0.344. The molecule has 0 spiro atoms. The van der Waals surface area contributed by atoms with Crippen LogP contribution in [0.1, 0.15) is 54.5 Å². The number of rotatable bonds is 12. The van der Waals surface area contributed by atoms with Gasteiger partial charge in [0.25, 0.3) is 5.91 Å². The topological polar surface area (TPSA) is 166 Å². The lowest BCUT2D eigenvalue weighted by atomic mass is 9.88. The van der Waals surface area contributed by atoms with Gasteiger partial charge in [-0.05, 0) is 88.0 Å². The van der Waals surface area contributed by atoms with Gasteiger partial charge in [0.1, 0.15) is 18.5 Å². The summed E-state index contributed by atoms with van der Waals surface area (Å²) in [6, 6.07) is 8.21. The largest absolute Gasteiger partial charge is 0.790 e. The number of carbonyl (C=O) groups excluding carboxylic acids is 2. The average Bonchev–Trinajstić information content (AvgIpc) is 3.84. The zero-order valence-electron chi connectivity index (χ0n) is 22.7. The third kappa shape index (κ3) is 6.36. The molecule has 2 aliphatic rings. The number of phosphoric acid groups is 1. The van der Waals surface area contributed by atoms with Crippen LogP contribution in [0.4, 0.5) is 5.69 Å². The van der Waals surface area contributed by atoms with E-state index in [4.69, 9.17) is 0 Å². The van der Waals surface area contributed by atoms with Gasteiger partial charge in [-0.2, -0.15) is 10.2 Å². The standard InChI is InChI=1S/C27H35N6O6P/c1-4-32-22(13-14-28-32)26(34)30-25(24(19-5-6-19)20-7-8-20)27(35)29-21-11-9-18(10-12-21)23-16(2)31-33(17(23)3)15-39-40(36,37)38/h9-14,19-20,24-25H,4-8,15H2,1-3H3,(H,29,35)(H,30,34)(H2,36,37,38)/p-2/t25-/m0/s1. The predicted octanol–water partition coefficient (Wildman–Crippen LogP) is 2.36. The van der Waals surface area contributed by atoms with Crippen LogP contribution >= 0.6 is 7.82 Å². The fraction of sp³-hybridized carbons (Fsp3) is 0.481. The molecule has 214 valence electrons. The minimum Gasteiger partial charge on any atom is -0.790 e. The first-order chi connectivity index (χ1) is 19.1. The minimum absolute atomic E-state index is 0.0955. The Kier molecular flexibility index (Phi) is 7.96. The lowest BCUT2D eigenvalue weighted by Crippen LogP contribution is -2.50. The monoisotopic (exact) mass is 568 g/mol. The number of aromatic nitrogens is 4. The van der Waals surface area contributed by atoms with E-state index in [2.05, 4.69) is 25.4 Å². The summed E-state index contributed by atoms with van der Waals surface area (Å²) in [5.74, 6) is 0.414. The molecule has 0 saturated heterocycles. The van der Waals surface area contributed by atoms with Crippen LogP contribution in [0, 0.1) is 31.6 Å². The van der Waals surface area contributed by atoms with Crippen molar-refractivity contribution in [2.24, 2.45) is 17.8 Å². The van der Waals surface area contributed by atoms with Gasteiger partial charge in [0.15, 0.2) is 0 Å². The number of hydrogen-bond donors (Lipinski definition) is 2. The number of nitrogens with one attached hydrogen (secondary N) is 2. The molecule has 40 heavy (non-hydrogen) atoms. The molecule has 2 N–H and O–H groups in total. The number of hydrogen-bond acceptors (Lipinski definition) is 8. The molecule has 2 saturated carbocycles. The predicted molar refractivity (Wildman–Crippen MR) is 143 cm³/mol. The van der Waals surface area contributed by atoms with Crippen molar-refractivity contribution in [2.75, 3.05) is 5.32 Å². The highest BCUT2D eigenvalue weighted by molar-refractivity contribution is 7.43. The molecular formula is C27H33N6O6P-2. The molecule has 1 atom stereocenters. The van der Waals surface area contributed by atoms with Gasteiger partial charge in [0.2, 0.25) is 5.91 Å². The third-order valence-corrected chi connectivity index (χ3v) is 8.13. The smallest absolute Gasteiger partial charge is 0.270 e. The first-order valence-corrected chi connectivity index (χ1v) is 15.0. The molecule has 2 aromatic heterocycles. The van der Waals surface area contributed by atoms with Crippen molar-refractivity contribution in [3.63, 3.8) is 0 Å². The Balaban J connectivity index is 1.33. The minimum atomic E-state index is -5.13. The number of nitrogens with zero attached hydrogens (tertiary/aromatic N) is 4. The fourth-order valence-electron chi connectivity index (χ4n) is 5.53. The summed E-state index contributed by atoms with van der Waals surface area (Å²) >= 11 is 0. The maximum absolute atomic E-state index is 13.6. The normalized spacial score (nSPS) is 16.2. The van der Waals surface area contributed by atoms with Crippen LogP contribution in [0.15, 0.2) is 36.5 Å². The van der Waals surface area contributed by atoms with Crippen LogP contribution in [-0.4, -0.2) is 37.4 Å². The second kappa shape index (κ2) is 11.3. The molecule has 2 heterocycles. The summed E-state index contributed by atoms with van der Waals surface area (Å²) in [5.41, 5.74) is 3.86. The van der Waals surface area contributed by atoms with Crippen LogP contribution in [0.2, 0.25) is 0 Å². The second-order valence-corrected chi connectivity index (χ2v) is 11.7. The molecule has 0 bridgehead atoms. The molecule has 2 aliphatic carbocycles. The fourth-order valence-corrected chi connectivity index (χ4v) is 5.78. The van der Waals surface area contributed by atoms with Gasteiger partial charge in [-0.3, -0.25) is 14.3 Å². The van der Waals surface area contributed by atoms with E-state index < -0.39 is 20.6 Å². The van der Waals surface area contributed by atoms with Crippen LogP contribution in [0.5, 0.6) is 0 Å². The van der Waals surface area contributed by atoms with E-state index in [1.54, 1.807) is 42.9 Å². The van der Waals surface area contributed by atoms with Gasteiger partial charge in [-0.25, -0.2) is 4.68 Å². The maximum atomic E-state index is 13.6. The van der Waals surface area contributed by atoms with Crippen LogP contribution in [0.25, 0.3) is 11.1 Å². The molecule has 12 nitrogen and oxygen atoms in total. The average molecular weight is 569 g/mol. The highest BCUT2D eigenvalue weighted by atomic mass is 31.2. The lowest BCUT2D eigenvalue weighted by Gasteiger charge is -2.28. The SMILES string of the molecule is CCn1nccc1C(=O)N[C@H](C(=O)Nc1ccc(-c2c(C)nn(COP(=O)([O-])[O-])c2C)cc1)C(C1CC1)C1CC1. The number of aryl methyl sites for hydroxylation is 2. The van der Waals surface area contributed by atoms with Crippen LogP contribution in [0.3, 0.4) is 0 Å². The molecular weight excluding hydrogens is 535 g/mol. The van der Waals surface area contributed by atoms with Crippen molar-refractivity contribution in [3.8, 4) is 11.1 Å². The van der Waals surface area contributed by atoms with Crippen molar-refractivity contribution in [1.29, 1.82) is 0 Å². The van der Waals surface area contributed by atoms with E-state index in [1.807, 2.05) is 19.1 Å². The quantitative estimate of drug-likeness (QED) is 0.314. The summed E-state index contributed by atoms with van der Waals surface area (Å²) in [4.78, 5) is 48.6. The molecule has 0 radical (unpaired) electrons. The molecule has 3 aromatic rings. The van der Waals surface area contributed by atoms with Crippen molar-refractivity contribution in [3.05, 3.63) is 53.6 Å². The van der Waals surface area contributed by atoms with Crippen LogP contribution < -0.4 is 20.4 Å². The Hall–Kier alpha value is -3.31. The summed E-state index contributed by atoms with van der Waals surface area (Å²) in [5, 5.41) is 14.5. The number of phosphoric ester groups is 1. The third-order valence-electron chi connectivity index (χ3n) is 7.70. The first-order valence-electron chi connectivity index (χ1n) is 13.5. The molecule has 1 aromatic carbocycles. The van der Waals surface area contributed by atoms with E-state index in [-0.39, 0.29) is 17.7 Å². The van der Waals surface area contributed by atoms with Gasteiger partial charge >= 0.3 is 0 Å². The highest BCUT2D eigenvalue weighted by Crippen LogP contribution is 2.51. The maximum Gasteiger partial charge on any atom is 0.270 e. The number of amides is 2. The zero-order valence-corrected chi connectivity index (χ0v) is 23.6. The van der Waals surface area contributed by atoms with E-state index in [1.165, 1.54) is 4.68 Å². The second-order valence-electron chi connectivity index (χ2n) is 10.6. The number of benzene rings is 1. The highest BCUT2D eigenvalue weighted by Gasteiger charge is 2.48. The molecule has 0 unspecified atom stereocenters. The van der Waals surface area contributed by atoms with Crippen molar-refractivity contribution >= 4 is 25.3 Å². The number of carbonyl (C=O) groups is 2. The van der Waals surface area contributed by atoms with Gasteiger partial charge < -0.3 is 29.5 Å². The van der Waals surface area contributed by atoms with E-state index >= 15 is 0 Å². The van der Waals surface area contributed by atoms with Gasteiger partial charge in [0.05, 0.1) is 13.5 Å². The Labute approximate surface area is 232 Å². The summed E-state index contributed by atoms with van der Waals surface area (Å²) in [7, 11) is -5.13. The van der Waals surface area contributed by atoms with Gasteiger partial charge in [-0.1, -0.05) is 12.1 Å². The van der Waals surface area contributed by atoms with Crippen molar-refractivity contribution in [2.45, 2.75) is 65.8 Å². The van der Waals surface area contributed by atoms with Crippen LogP contribution in [-0.2, 0) is 27.2 Å². The molecule has 0 aliphatic heterocycles. The van der Waals surface area contributed by atoms with E-state index in [0.717, 1.165) is 36.8 Å². The van der Waals surface area contributed by atoms with E-state index in [9.17, 15) is 23.9 Å². The van der Waals surface area contributed by atoms with Crippen molar-refractivity contribution < 1.29 is 28.5 Å². The zero-order chi connectivity index (χ0) is 28.6. The summed E-state index contributed by atoms with van der Waals surface area (Å²) in [6.45, 7) is 5.49. The molecule has 13 heteroatoms. The van der Waals surface area contributed by atoms with Gasteiger partial charge in [0, 0.05) is 29.7 Å². The Bertz CT molecular complexity index is 1420. The molecule has 5 rings (SSSR count). The summed E-state index contributed by atoms with van der Waals surface area (Å²) in [6.07, 6.45) is 5.87. The Morgan fingerprint density at radius 1 is 1.07 bits per heavy atom.